The molecule has 156 valence electrons. The monoisotopic (exact) mass is 421 g/mol. The Bertz CT molecular complexity index is 822. The molecule has 1 aromatic carbocycles. The lowest BCUT2D eigenvalue weighted by atomic mass is 10.3. The van der Waals surface area contributed by atoms with Gasteiger partial charge in [-0.2, -0.15) is 0 Å². The molecule has 0 saturated heterocycles. The van der Waals surface area contributed by atoms with Crippen LogP contribution in [0.1, 0.15) is 23.5 Å². The average Bonchev–Trinajstić information content (AvgIpc) is 3.13. The molecule has 0 bridgehead atoms. The number of thiazole rings is 1. The fraction of sp³-hybridized carbons (Fsp3) is 0.368. The molecule has 0 aliphatic heterocycles. The smallest absolute Gasteiger partial charge is 0.306 e. The molecule has 0 saturated carbocycles. The lowest BCUT2D eigenvalue weighted by Crippen LogP contribution is -2.44. The number of rotatable bonds is 10. The van der Waals surface area contributed by atoms with Crippen LogP contribution < -0.4 is 20.3 Å². The van der Waals surface area contributed by atoms with Gasteiger partial charge >= 0.3 is 5.97 Å². The Morgan fingerprint density at radius 1 is 1.07 bits per heavy atom. The number of hydrazine groups is 1. The number of carbonyl (C=O) groups excluding carboxylic acids is 3. The van der Waals surface area contributed by atoms with Gasteiger partial charge in [-0.25, -0.2) is 4.98 Å². The molecule has 2 rings (SSSR count). The second-order valence-corrected chi connectivity index (χ2v) is 6.89. The lowest BCUT2D eigenvalue weighted by molar-refractivity contribution is -0.149. The van der Waals surface area contributed by atoms with Crippen LogP contribution >= 0.6 is 11.3 Å². The molecule has 1 heterocycles. The number of hydrogen-bond acceptors (Lipinski definition) is 8. The summed E-state index contributed by atoms with van der Waals surface area (Å²) in [6, 6.07) is 7.09. The Labute approximate surface area is 172 Å². The second-order valence-electron chi connectivity index (χ2n) is 5.94. The van der Waals surface area contributed by atoms with Gasteiger partial charge < -0.3 is 14.2 Å². The zero-order valence-corrected chi connectivity index (χ0v) is 17.0. The summed E-state index contributed by atoms with van der Waals surface area (Å²) in [7, 11) is 1.58. The van der Waals surface area contributed by atoms with E-state index < -0.39 is 24.4 Å². The third kappa shape index (κ3) is 8.60. The van der Waals surface area contributed by atoms with Gasteiger partial charge in [-0.05, 0) is 37.6 Å². The molecule has 0 spiro atoms. The lowest BCUT2D eigenvalue weighted by Gasteiger charge is -2.08. The molecule has 9 nitrogen and oxygen atoms in total. The van der Waals surface area contributed by atoms with E-state index in [1.54, 1.807) is 31.4 Å². The summed E-state index contributed by atoms with van der Waals surface area (Å²) in [6.45, 7) is 1.69. The number of nitrogens with one attached hydrogen (secondary N) is 2. The number of carbonyl (C=O) groups is 3. The molecule has 0 atom stereocenters. The zero-order chi connectivity index (χ0) is 21.1. The van der Waals surface area contributed by atoms with Gasteiger partial charge in [0.05, 0.1) is 20.1 Å². The number of methoxy groups -OCH3 is 1. The topological polar surface area (TPSA) is 116 Å². The third-order valence-electron chi connectivity index (χ3n) is 3.54. The van der Waals surface area contributed by atoms with Crippen LogP contribution in [0.25, 0.3) is 0 Å². The fourth-order valence-corrected chi connectivity index (χ4v) is 2.91. The predicted molar refractivity (Wildman–Crippen MR) is 106 cm³/mol. The van der Waals surface area contributed by atoms with Crippen LogP contribution in [0.5, 0.6) is 11.5 Å². The van der Waals surface area contributed by atoms with Crippen LogP contribution in [0.3, 0.4) is 0 Å². The van der Waals surface area contributed by atoms with E-state index in [4.69, 9.17) is 14.2 Å². The predicted octanol–water partition coefficient (Wildman–Crippen LogP) is 1.55. The third-order valence-corrected chi connectivity index (χ3v) is 4.50. The highest BCUT2D eigenvalue weighted by Gasteiger charge is 2.10. The molecule has 0 unspecified atom stereocenters. The largest absolute Gasteiger partial charge is 0.497 e. The Kier molecular flexibility index (Phi) is 8.90. The van der Waals surface area contributed by atoms with Crippen molar-refractivity contribution in [2.24, 2.45) is 0 Å². The summed E-state index contributed by atoms with van der Waals surface area (Å²) < 4.78 is 15.4. The van der Waals surface area contributed by atoms with Crippen molar-refractivity contribution >= 4 is 29.1 Å². The molecule has 10 heteroatoms. The molecule has 2 aromatic rings. The first kappa shape index (κ1) is 22.2. The minimum atomic E-state index is -0.628. The molecule has 1 aromatic heterocycles. The Hall–Kier alpha value is -3.14. The molecule has 0 radical (unpaired) electrons. The summed E-state index contributed by atoms with van der Waals surface area (Å²) in [5.41, 5.74) is 5.28. The van der Waals surface area contributed by atoms with Gasteiger partial charge in [-0.1, -0.05) is 0 Å². The number of ether oxygens (including phenoxy) is 3. The molecule has 0 fully saturated rings. The number of amides is 2. The van der Waals surface area contributed by atoms with Crippen molar-refractivity contribution in [2.45, 2.75) is 26.2 Å². The van der Waals surface area contributed by atoms with Crippen LogP contribution in [0, 0.1) is 6.92 Å². The number of aromatic nitrogens is 1. The van der Waals surface area contributed by atoms with Crippen molar-refractivity contribution in [2.75, 3.05) is 20.3 Å². The first-order chi connectivity index (χ1) is 14.0. The van der Waals surface area contributed by atoms with Gasteiger partial charge in [0, 0.05) is 17.5 Å². The minimum Gasteiger partial charge on any atom is -0.497 e. The summed E-state index contributed by atoms with van der Waals surface area (Å²) in [5.74, 6) is -0.162. The fourth-order valence-electron chi connectivity index (χ4n) is 2.14. The van der Waals surface area contributed by atoms with Crippen molar-refractivity contribution in [1.29, 1.82) is 0 Å². The molecule has 2 N–H and O–H groups in total. The van der Waals surface area contributed by atoms with Crippen LogP contribution in [-0.2, 0) is 25.5 Å². The summed E-state index contributed by atoms with van der Waals surface area (Å²) >= 11 is 1.37. The first-order valence-corrected chi connectivity index (χ1v) is 9.75. The number of nitrogens with zero attached hydrogens (tertiary/aromatic N) is 1. The first-order valence-electron chi connectivity index (χ1n) is 8.87. The van der Waals surface area contributed by atoms with Crippen molar-refractivity contribution < 1.29 is 28.6 Å². The quantitative estimate of drug-likeness (QED) is 0.340. The standard InChI is InChI=1S/C19H23N3O6S/c1-13-12-29-18(20-13)10-16(23)21-22-17(24)11-28-19(25)4-3-9-27-15-7-5-14(26-2)6-8-15/h5-8,12H,3-4,9-11H2,1-2H3,(H,21,23)(H,22,24). The molecule has 0 aliphatic carbocycles. The van der Waals surface area contributed by atoms with Crippen molar-refractivity contribution in [3.63, 3.8) is 0 Å². The van der Waals surface area contributed by atoms with E-state index in [1.807, 2.05) is 12.3 Å². The Balaban J connectivity index is 1.53. The van der Waals surface area contributed by atoms with Crippen molar-refractivity contribution in [3.05, 3.63) is 40.3 Å². The van der Waals surface area contributed by atoms with E-state index >= 15 is 0 Å². The average molecular weight is 421 g/mol. The van der Waals surface area contributed by atoms with Gasteiger partial charge in [0.2, 0.25) is 5.91 Å². The normalized spacial score (nSPS) is 10.1. The Morgan fingerprint density at radius 2 is 1.76 bits per heavy atom. The second kappa shape index (κ2) is 11.6. The van der Waals surface area contributed by atoms with Gasteiger partial charge in [-0.3, -0.25) is 25.2 Å². The van der Waals surface area contributed by atoms with E-state index in [0.29, 0.717) is 23.8 Å². The van der Waals surface area contributed by atoms with Crippen LogP contribution in [0.15, 0.2) is 29.6 Å². The SMILES string of the molecule is COc1ccc(OCCCC(=O)OCC(=O)NNC(=O)Cc2nc(C)cs2)cc1. The number of benzene rings is 1. The zero-order valence-electron chi connectivity index (χ0n) is 16.2. The summed E-state index contributed by atoms with van der Waals surface area (Å²) in [6.07, 6.45) is 0.614. The summed E-state index contributed by atoms with van der Waals surface area (Å²) in [4.78, 5) is 39.1. The maximum Gasteiger partial charge on any atom is 0.306 e. The van der Waals surface area contributed by atoms with Gasteiger partial charge in [-0.15, -0.1) is 11.3 Å². The molecular formula is C19H23N3O6S. The van der Waals surface area contributed by atoms with Crippen molar-refractivity contribution in [1.82, 2.24) is 15.8 Å². The maximum atomic E-state index is 11.7. The van der Waals surface area contributed by atoms with E-state index in [9.17, 15) is 14.4 Å². The number of aryl methyl sites for hydroxylation is 1. The molecular weight excluding hydrogens is 398 g/mol. The van der Waals surface area contributed by atoms with Crippen LogP contribution in [-0.4, -0.2) is 43.1 Å². The highest BCUT2D eigenvalue weighted by Crippen LogP contribution is 2.17. The minimum absolute atomic E-state index is 0.0623. The summed E-state index contributed by atoms with van der Waals surface area (Å²) in [5, 5.41) is 2.49. The van der Waals surface area contributed by atoms with Gasteiger partial charge in [0.15, 0.2) is 6.61 Å². The molecule has 29 heavy (non-hydrogen) atoms. The van der Waals surface area contributed by atoms with E-state index in [1.165, 1.54) is 11.3 Å². The molecule has 2 amide bonds. The number of esters is 1. The molecule has 0 aliphatic rings. The van der Waals surface area contributed by atoms with Gasteiger partial charge in [0.1, 0.15) is 16.5 Å². The number of hydrogen-bond donors (Lipinski definition) is 2. The van der Waals surface area contributed by atoms with Crippen LogP contribution in [0.2, 0.25) is 0 Å². The van der Waals surface area contributed by atoms with E-state index in [0.717, 1.165) is 11.4 Å². The van der Waals surface area contributed by atoms with Crippen molar-refractivity contribution in [3.8, 4) is 11.5 Å². The van der Waals surface area contributed by atoms with E-state index in [2.05, 4.69) is 15.8 Å². The van der Waals surface area contributed by atoms with E-state index in [-0.39, 0.29) is 12.8 Å². The highest BCUT2D eigenvalue weighted by atomic mass is 32.1. The maximum absolute atomic E-state index is 11.7. The van der Waals surface area contributed by atoms with Crippen LogP contribution in [0.4, 0.5) is 0 Å². The Morgan fingerprint density at radius 3 is 2.41 bits per heavy atom. The highest BCUT2D eigenvalue weighted by molar-refractivity contribution is 7.09. The van der Waals surface area contributed by atoms with Gasteiger partial charge in [0.25, 0.3) is 5.91 Å².